The number of carbonyl (C=O) groups excluding carboxylic acids is 2. The molecule has 102 valence electrons. The standard InChI is InChI=1S/C12H21N3O3/c1-13-6-8-14(9-7-13)12(17)15-5-3-4-10(15)11(16)18-2/h10H,3-9H2,1-2H3. The van der Waals surface area contributed by atoms with E-state index in [9.17, 15) is 9.59 Å². The lowest BCUT2D eigenvalue weighted by Crippen LogP contribution is -2.54. The second-order valence-electron chi connectivity index (χ2n) is 4.95. The first-order chi connectivity index (χ1) is 8.63. The minimum Gasteiger partial charge on any atom is -0.467 e. The first-order valence-electron chi connectivity index (χ1n) is 6.45. The molecular formula is C12H21N3O3. The van der Waals surface area contributed by atoms with E-state index in [1.165, 1.54) is 7.11 Å². The van der Waals surface area contributed by atoms with Crippen LogP contribution in [0.15, 0.2) is 0 Å². The number of amides is 2. The maximum Gasteiger partial charge on any atom is 0.328 e. The van der Waals surface area contributed by atoms with E-state index < -0.39 is 0 Å². The normalized spacial score (nSPS) is 25.3. The van der Waals surface area contributed by atoms with Crippen molar-refractivity contribution in [2.75, 3.05) is 46.9 Å². The number of likely N-dealkylation sites (tertiary alicyclic amines) is 1. The molecule has 0 saturated carbocycles. The number of likely N-dealkylation sites (N-methyl/N-ethyl adjacent to an activating group) is 1. The van der Waals surface area contributed by atoms with Crippen LogP contribution >= 0.6 is 0 Å². The molecule has 2 aliphatic heterocycles. The Morgan fingerprint density at radius 3 is 2.39 bits per heavy atom. The van der Waals surface area contributed by atoms with E-state index in [0.29, 0.717) is 13.0 Å². The first kappa shape index (κ1) is 13.1. The van der Waals surface area contributed by atoms with Gasteiger partial charge in [0.15, 0.2) is 0 Å². The van der Waals surface area contributed by atoms with Gasteiger partial charge in [-0.25, -0.2) is 9.59 Å². The van der Waals surface area contributed by atoms with Crippen molar-refractivity contribution in [3.8, 4) is 0 Å². The predicted octanol–water partition coefficient (Wildman–Crippen LogP) is -0.00880. The van der Waals surface area contributed by atoms with Crippen molar-refractivity contribution >= 4 is 12.0 Å². The summed E-state index contributed by atoms with van der Waals surface area (Å²) in [6.45, 7) is 3.91. The lowest BCUT2D eigenvalue weighted by molar-refractivity contribution is -0.145. The molecule has 2 saturated heterocycles. The summed E-state index contributed by atoms with van der Waals surface area (Å²) in [5.74, 6) is -0.296. The minimum absolute atomic E-state index is 0.0176. The van der Waals surface area contributed by atoms with Crippen molar-refractivity contribution in [3.63, 3.8) is 0 Å². The molecule has 1 atom stereocenters. The Morgan fingerprint density at radius 2 is 1.78 bits per heavy atom. The average molecular weight is 255 g/mol. The first-order valence-corrected chi connectivity index (χ1v) is 6.45. The number of esters is 1. The number of nitrogens with zero attached hydrogens (tertiary/aromatic N) is 3. The number of piperazine rings is 1. The molecular weight excluding hydrogens is 234 g/mol. The zero-order valence-electron chi connectivity index (χ0n) is 11.1. The van der Waals surface area contributed by atoms with Gasteiger partial charge in [0, 0.05) is 32.7 Å². The van der Waals surface area contributed by atoms with Gasteiger partial charge in [0.05, 0.1) is 7.11 Å². The van der Waals surface area contributed by atoms with Crippen LogP contribution in [-0.4, -0.2) is 79.6 Å². The fourth-order valence-electron chi connectivity index (χ4n) is 2.56. The van der Waals surface area contributed by atoms with Gasteiger partial charge < -0.3 is 19.4 Å². The van der Waals surface area contributed by atoms with Gasteiger partial charge in [-0.1, -0.05) is 0 Å². The number of ether oxygens (including phenoxy) is 1. The van der Waals surface area contributed by atoms with Crippen molar-refractivity contribution in [1.29, 1.82) is 0 Å². The molecule has 0 aromatic carbocycles. The lowest BCUT2D eigenvalue weighted by Gasteiger charge is -2.36. The van der Waals surface area contributed by atoms with Crippen LogP contribution in [0.2, 0.25) is 0 Å². The molecule has 0 spiro atoms. The largest absolute Gasteiger partial charge is 0.467 e. The molecule has 1 unspecified atom stereocenters. The summed E-state index contributed by atoms with van der Waals surface area (Å²) in [5, 5.41) is 0. The average Bonchev–Trinajstić information content (AvgIpc) is 2.87. The van der Waals surface area contributed by atoms with Crippen molar-refractivity contribution < 1.29 is 14.3 Å². The number of urea groups is 1. The summed E-state index contributed by atoms with van der Waals surface area (Å²) < 4.78 is 4.76. The molecule has 0 N–H and O–H groups in total. The quantitative estimate of drug-likeness (QED) is 0.619. The Hall–Kier alpha value is -1.30. The smallest absolute Gasteiger partial charge is 0.328 e. The molecule has 18 heavy (non-hydrogen) atoms. The van der Waals surface area contributed by atoms with Gasteiger partial charge >= 0.3 is 12.0 Å². The zero-order valence-corrected chi connectivity index (χ0v) is 11.1. The molecule has 6 nitrogen and oxygen atoms in total. The van der Waals surface area contributed by atoms with Gasteiger partial charge in [-0.05, 0) is 19.9 Å². The van der Waals surface area contributed by atoms with Gasteiger partial charge in [0.25, 0.3) is 0 Å². The maximum atomic E-state index is 12.4. The highest BCUT2D eigenvalue weighted by Gasteiger charge is 2.37. The number of rotatable bonds is 1. The summed E-state index contributed by atoms with van der Waals surface area (Å²) >= 11 is 0. The highest BCUT2D eigenvalue weighted by atomic mass is 16.5. The summed E-state index contributed by atoms with van der Waals surface area (Å²) in [5.41, 5.74) is 0. The molecule has 0 aliphatic carbocycles. The van der Waals surface area contributed by atoms with Crippen LogP contribution in [0.5, 0.6) is 0 Å². The second kappa shape index (κ2) is 5.56. The van der Waals surface area contributed by atoms with E-state index in [2.05, 4.69) is 11.9 Å². The van der Waals surface area contributed by atoms with Crippen LogP contribution < -0.4 is 0 Å². The highest BCUT2D eigenvalue weighted by Crippen LogP contribution is 2.20. The Balaban J connectivity index is 1.97. The highest BCUT2D eigenvalue weighted by molar-refractivity contribution is 5.84. The summed E-state index contributed by atoms with van der Waals surface area (Å²) in [4.78, 5) is 29.7. The third kappa shape index (κ3) is 2.58. The molecule has 0 aromatic rings. The third-order valence-corrected chi connectivity index (χ3v) is 3.75. The molecule has 2 fully saturated rings. The van der Waals surface area contributed by atoms with Crippen molar-refractivity contribution in [2.24, 2.45) is 0 Å². The third-order valence-electron chi connectivity index (χ3n) is 3.75. The number of hydrogen-bond donors (Lipinski definition) is 0. The monoisotopic (exact) mass is 255 g/mol. The number of carbonyl (C=O) groups is 2. The molecule has 2 amide bonds. The Kier molecular flexibility index (Phi) is 4.06. The van der Waals surface area contributed by atoms with Gasteiger partial charge in [-0.3, -0.25) is 0 Å². The number of methoxy groups -OCH3 is 1. The molecule has 2 aliphatic rings. The fourth-order valence-corrected chi connectivity index (χ4v) is 2.56. The second-order valence-corrected chi connectivity index (χ2v) is 4.95. The van der Waals surface area contributed by atoms with Crippen LogP contribution in [0.4, 0.5) is 4.79 Å². The zero-order chi connectivity index (χ0) is 13.1. The Morgan fingerprint density at radius 1 is 1.11 bits per heavy atom. The van der Waals surface area contributed by atoms with Crippen molar-refractivity contribution in [2.45, 2.75) is 18.9 Å². The molecule has 0 radical (unpaired) electrons. The fraction of sp³-hybridized carbons (Fsp3) is 0.833. The van der Waals surface area contributed by atoms with E-state index >= 15 is 0 Å². The van der Waals surface area contributed by atoms with E-state index in [0.717, 1.165) is 32.6 Å². The summed E-state index contributed by atoms with van der Waals surface area (Å²) in [6.07, 6.45) is 1.59. The van der Waals surface area contributed by atoms with Crippen LogP contribution in [0, 0.1) is 0 Å². The molecule has 2 heterocycles. The molecule has 2 rings (SSSR count). The van der Waals surface area contributed by atoms with Crippen LogP contribution in [-0.2, 0) is 9.53 Å². The number of hydrogen-bond acceptors (Lipinski definition) is 4. The SMILES string of the molecule is COC(=O)C1CCCN1C(=O)N1CCN(C)CC1. The van der Waals surface area contributed by atoms with E-state index in [1.807, 2.05) is 4.90 Å². The Labute approximate surface area is 107 Å². The van der Waals surface area contributed by atoms with Gasteiger partial charge in [-0.2, -0.15) is 0 Å². The van der Waals surface area contributed by atoms with E-state index in [-0.39, 0.29) is 18.0 Å². The van der Waals surface area contributed by atoms with Gasteiger partial charge in [-0.15, -0.1) is 0 Å². The van der Waals surface area contributed by atoms with Gasteiger partial charge in [0.2, 0.25) is 0 Å². The summed E-state index contributed by atoms with van der Waals surface area (Å²) in [7, 11) is 3.42. The maximum absolute atomic E-state index is 12.4. The molecule has 0 aromatic heterocycles. The molecule has 6 heteroatoms. The van der Waals surface area contributed by atoms with Crippen molar-refractivity contribution in [1.82, 2.24) is 14.7 Å². The van der Waals surface area contributed by atoms with Crippen LogP contribution in [0.25, 0.3) is 0 Å². The van der Waals surface area contributed by atoms with Crippen LogP contribution in [0.3, 0.4) is 0 Å². The van der Waals surface area contributed by atoms with Crippen molar-refractivity contribution in [3.05, 3.63) is 0 Å². The molecule has 0 bridgehead atoms. The van der Waals surface area contributed by atoms with E-state index in [4.69, 9.17) is 4.74 Å². The lowest BCUT2D eigenvalue weighted by atomic mass is 10.2. The van der Waals surface area contributed by atoms with E-state index in [1.54, 1.807) is 4.90 Å². The Bertz CT molecular complexity index is 327. The summed E-state index contributed by atoms with van der Waals surface area (Å²) in [6, 6.07) is -0.404. The van der Waals surface area contributed by atoms with Crippen LogP contribution in [0.1, 0.15) is 12.8 Å². The van der Waals surface area contributed by atoms with Gasteiger partial charge in [0.1, 0.15) is 6.04 Å². The topological polar surface area (TPSA) is 53.1 Å². The predicted molar refractivity (Wildman–Crippen MR) is 66.2 cm³/mol. The minimum atomic E-state index is -0.387.